The maximum atomic E-state index is 11.3. The van der Waals surface area contributed by atoms with E-state index in [-0.39, 0.29) is 17.6 Å². The van der Waals surface area contributed by atoms with Crippen LogP contribution in [-0.4, -0.2) is 21.2 Å². The Kier molecular flexibility index (Phi) is 6.17. The second kappa shape index (κ2) is 9.28. The molecule has 0 radical (unpaired) electrons. The number of benzene rings is 2. The van der Waals surface area contributed by atoms with E-state index in [4.69, 9.17) is 16.6 Å². The largest absolute Gasteiger partial charge is 0.478 e. The zero-order valence-corrected chi connectivity index (χ0v) is 21.4. The van der Waals surface area contributed by atoms with E-state index in [2.05, 4.69) is 37.2 Å². The Morgan fingerprint density at radius 3 is 2.60 bits per heavy atom. The van der Waals surface area contributed by atoms with Gasteiger partial charge >= 0.3 is 5.97 Å². The number of nitrogens with zero attached hydrogens (tertiary/aromatic N) is 2. The maximum absolute atomic E-state index is 11.3. The molecular formula is C27H22BrN3O3S. The van der Waals surface area contributed by atoms with Gasteiger partial charge in [-0.05, 0) is 91.8 Å². The van der Waals surface area contributed by atoms with E-state index < -0.39 is 5.97 Å². The average molecular weight is 548 g/mol. The number of aryl methyl sites for hydroxylation is 2. The summed E-state index contributed by atoms with van der Waals surface area (Å²) in [5.74, 6) is 0.438. The Hall–Kier alpha value is -3.49. The third-order valence-electron chi connectivity index (χ3n) is 6.17. The Bertz CT molecular complexity index is 1440. The van der Waals surface area contributed by atoms with Crippen molar-refractivity contribution in [3.63, 3.8) is 0 Å². The van der Waals surface area contributed by atoms with Gasteiger partial charge in [0.05, 0.1) is 17.3 Å². The molecule has 5 rings (SSSR count). The van der Waals surface area contributed by atoms with Gasteiger partial charge in [0, 0.05) is 21.9 Å². The normalized spacial score (nSPS) is 17.5. The number of carbonyl (C=O) groups is 1. The van der Waals surface area contributed by atoms with Crippen LogP contribution in [0.1, 0.15) is 45.0 Å². The number of aromatic nitrogens is 1. The van der Waals surface area contributed by atoms with Crippen molar-refractivity contribution in [1.29, 1.82) is 0 Å². The van der Waals surface area contributed by atoms with Gasteiger partial charge < -0.3 is 19.7 Å². The fourth-order valence-electron chi connectivity index (χ4n) is 4.43. The van der Waals surface area contributed by atoms with Gasteiger partial charge in [-0.15, -0.1) is 0 Å². The molecule has 176 valence electrons. The monoisotopic (exact) mass is 547 g/mol. The first-order valence-electron chi connectivity index (χ1n) is 11.0. The smallest absolute Gasteiger partial charge is 0.335 e. The minimum atomic E-state index is -0.955. The summed E-state index contributed by atoms with van der Waals surface area (Å²) in [6.07, 6.45) is 1.77. The second-order valence-electron chi connectivity index (χ2n) is 8.47. The lowest BCUT2D eigenvalue weighted by atomic mass is 10.0. The Labute approximate surface area is 216 Å². The molecule has 0 bridgehead atoms. The van der Waals surface area contributed by atoms with Gasteiger partial charge in [-0.3, -0.25) is 4.98 Å². The van der Waals surface area contributed by atoms with E-state index in [1.807, 2.05) is 56.3 Å². The summed E-state index contributed by atoms with van der Waals surface area (Å²) in [7, 11) is 0. The topological polar surface area (TPSA) is 78.6 Å². The van der Waals surface area contributed by atoms with Crippen molar-refractivity contribution in [2.75, 3.05) is 4.90 Å². The van der Waals surface area contributed by atoms with Crippen molar-refractivity contribution < 1.29 is 14.3 Å². The fourth-order valence-corrected chi connectivity index (χ4v) is 5.02. The lowest BCUT2D eigenvalue weighted by Crippen LogP contribution is -2.29. The number of halogens is 1. The van der Waals surface area contributed by atoms with Gasteiger partial charge in [0.25, 0.3) is 0 Å². The molecular weight excluding hydrogens is 526 g/mol. The molecule has 0 spiro atoms. The molecule has 1 aliphatic rings. The van der Waals surface area contributed by atoms with Crippen LogP contribution in [0.5, 0.6) is 0 Å². The molecule has 2 aromatic carbocycles. The number of rotatable bonds is 5. The van der Waals surface area contributed by atoms with Gasteiger partial charge in [0.1, 0.15) is 17.6 Å². The zero-order valence-electron chi connectivity index (χ0n) is 19.0. The molecule has 3 heterocycles. The molecule has 8 heteroatoms. The number of nitrogens with one attached hydrogen (secondary N) is 1. The van der Waals surface area contributed by atoms with Crippen molar-refractivity contribution >= 4 is 44.9 Å². The molecule has 0 saturated carbocycles. The van der Waals surface area contributed by atoms with Crippen molar-refractivity contribution in [2.45, 2.75) is 25.9 Å². The van der Waals surface area contributed by atoms with Gasteiger partial charge in [-0.1, -0.05) is 28.1 Å². The predicted octanol–water partition coefficient (Wildman–Crippen LogP) is 6.60. The second-order valence-corrected chi connectivity index (χ2v) is 9.71. The molecule has 4 aromatic rings. The van der Waals surface area contributed by atoms with Crippen molar-refractivity contribution in [2.24, 2.45) is 0 Å². The van der Waals surface area contributed by atoms with Gasteiger partial charge in [-0.2, -0.15) is 0 Å². The van der Waals surface area contributed by atoms with Crippen LogP contribution in [-0.2, 0) is 0 Å². The van der Waals surface area contributed by atoms with Crippen LogP contribution in [0.25, 0.3) is 11.3 Å². The van der Waals surface area contributed by atoms with Crippen LogP contribution in [0.3, 0.4) is 0 Å². The number of pyridine rings is 1. The zero-order chi connectivity index (χ0) is 24.7. The highest BCUT2D eigenvalue weighted by atomic mass is 79.9. The van der Waals surface area contributed by atoms with Crippen LogP contribution in [0.4, 0.5) is 5.69 Å². The van der Waals surface area contributed by atoms with Gasteiger partial charge in [0.15, 0.2) is 5.11 Å². The number of thiocarbonyl (C=S) groups is 1. The van der Waals surface area contributed by atoms with E-state index in [0.717, 1.165) is 38.3 Å². The van der Waals surface area contributed by atoms with Crippen LogP contribution in [0.15, 0.2) is 81.8 Å². The van der Waals surface area contributed by atoms with Crippen LogP contribution in [0, 0.1) is 13.8 Å². The lowest BCUT2D eigenvalue weighted by Gasteiger charge is -2.26. The van der Waals surface area contributed by atoms with E-state index >= 15 is 0 Å². The first-order valence-corrected chi connectivity index (χ1v) is 12.2. The molecule has 2 atom stereocenters. The minimum Gasteiger partial charge on any atom is -0.478 e. The molecule has 0 unspecified atom stereocenters. The molecule has 1 aliphatic heterocycles. The van der Waals surface area contributed by atoms with Crippen LogP contribution >= 0.6 is 28.1 Å². The summed E-state index contributed by atoms with van der Waals surface area (Å²) >= 11 is 9.37. The number of furan rings is 1. The van der Waals surface area contributed by atoms with E-state index in [1.54, 1.807) is 24.4 Å². The number of carboxylic acids is 1. The van der Waals surface area contributed by atoms with Gasteiger partial charge in [0.2, 0.25) is 0 Å². The molecule has 1 fully saturated rings. The number of anilines is 1. The van der Waals surface area contributed by atoms with E-state index in [0.29, 0.717) is 10.9 Å². The average Bonchev–Trinajstić information content (AvgIpc) is 3.46. The summed E-state index contributed by atoms with van der Waals surface area (Å²) in [6.45, 7) is 3.92. The lowest BCUT2D eigenvalue weighted by molar-refractivity contribution is 0.0697. The van der Waals surface area contributed by atoms with Crippen molar-refractivity contribution in [1.82, 2.24) is 10.3 Å². The van der Waals surface area contributed by atoms with Gasteiger partial charge in [-0.25, -0.2) is 4.79 Å². The highest BCUT2D eigenvalue weighted by Gasteiger charge is 2.42. The number of carboxylic acid groups (broad SMARTS) is 1. The molecule has 1 saturated heterocycles. The summed E-state index contributed by atoms with van der Waals surface area (Å²) in [5, 5.41) is 13.3. The number of aromatic carboxylic acids is 1. The molecule has 0 aliphatic carbocycles. The SMILES string of the molecule is Cc1cc(N2C(=S)N[C@H](c3ccccn3)[C@H]2c2ccc(-c3ccc(C(=O)O)cc3C)o2)ccc1Br. The molecule has 2 aromatic heterocycles. The first kappa shape index (κ1) is 23.3. The minimum absolute atomic E-state index is 0.220. The number of hydrogen-bond donors (Lipinski definition) is 2. The third kappa shape index (κ3) is 4.35. The standard InChI is InChI=1S/C27H22BrN3O3S/c1-15-13-17(26(32)33)6-8-19(15)22-10-11-23(34-22)25-24(21-5-3-4-12-29-21)30-27(35)31(25)18-7-9-20(28)16(2)14-18/h3-14,24-25H,1-2H3,(H,30,35)(H,32,33)/t24-,25-/m1/s1. The fraction of sp³-hybridized carbons (Fsp3) is 0.148. The Morgan fingerprint density at radius 2 is 1.91 bits per heavy atom. The number of hydrogen-bond acceptors (Lipinski definition) is 4. The summed E-state index contributed by atoms with van der Waals surface area (Å²) in [6, 6.07) is 20.3. The van der Waals surface area contributed by atoms with Crippen LogP contribution < -0.4 is 10.2 Å². The van der Waals surface area contributed by atoms with E-state index in [9.17, 15) is 9.90 Å². The Balaban J connectivity index is 1.60. The maximum Gasteiger partial charge on any atom is 0.335 e. The molecule has 0 amide bonds. The quantitative estimate of drug-likeness (QED) is 0.272. The van der Waals surface area contributed by atoms with Crippen molar-refractivity contribution in [3.8, 4) is 11.3 Å². The summed E-state index contributed by atoms with van der Waals surface area (Å²) in [4.78, 5) is 18.0. The highest BCUT2D eigenvalue weighted by molar-refractivity contribution is 9.10. The van der Waals surface area contributed by atoms with Crippen LogP contribution in [0.2, 0.25) is 0 Å². The summed E-state index contributed by atoms with van der Waals surface area (Å²) in [5.41, 5.74) is 4.82. The first-order chi connectivity index (χ1) is 16.8. The summed E-state index contributed by atoms with van der Waals surface area (Å²) < 4.78 is 7.44. The van der Waals surface area contributed by atoms with E-state index in [1.165, 1.54) is 0 Å². The Morgan fingerprint density at radius 1 is 1.09 bits per heavy atom. The molecule has 6 nitrogen and oxygen atoms in total. The van der Waals surface area contributed by atoms with Crippen molar-refractivity contribution in [3.05, 3.63) is 106 Å². The molecule has 2 N–H and O–H groups in total. The third-order valence-corrected chi connectivity index (χ3v) is 7.38. The highest BCUT2D eigenvalue weighted by Crippen LogP contribution is 2.43. The molecule has 35 heavy (non-hydrogen) atoms. The predicted molar refractivity (Wildman–Crippen MR) is 143 cm³/mol.